The molecule has 2 heteroatoms. The van der Waals surface area contributed by atoms with E-state index >= 15 is 0 Å². The predicted molar refractivity (Wildman–Crippen MR) is 31.4 cm³/mol. The molecular weight excluding hydrogens is 107 g/mol. The highest BCUT2D eigenvalue weighted by molar-refractivity contribution is 4.79. The Labute approximate surface area is 48.8 Å². The van der Waals surface area contributed by atoms with Gasteiger partial charge in [-0.15, -0.1) is 0 Å². The van der Waals surface area contributed by atoms with Crippen molar-refractivity contribution < 1.29 is 9.50 Å². The van der Waals surface area contributed by atoms with E-state index < -0.39 is 0 Å². The Hall–Kier alpha value is -0.370. The monoisotopic (exact) mass is 118 g/mol. The number of allylic oxidation sites excluding steroid dienone is 1. The van der Waals surface area contributed by atoms with Crippen LogP contribution in [-0.2, 0) is 0 Å². The first-order valence-electron chi connectivity index (χ1n) is 2.73. The maximum Gasteiger partial charge on any atom is 0.0897 e. The van der Waals surface area contributed by atoms with Gasteiger partial charge >= 0.3 is 0 Å². The highest BCUT2D eigenvalue weighted by atomic mass is 19.1. The minimum atomic E-state index is -0.268. The van der Waals surface area contributed by atoms with Crippen LogP contribution in [0.2, 0.25) is 0 Å². The van der Waals surface area contributed by atoms with E-state index in [2.05, 4.69) is 0 Å². The molecule has 0 fully saturated rings. The normalized spacial score (nSPS) is 10.8. The van der Waals surface area contributed by atoms with Gasteiger partial charge in [0.25, 0.3) is 0 Å². The van der Waals surface area contributed by atoms with Crippen molar-refractivity contribution in [2.75, 3.05) is 13.3 Å². The molecule has 0 aliphatic carbocycles. The zero-order chi connectivity index (χ0) is 6.24. The van der Waals surface area contributed by atoms with E-state index in [0.29, 0.717) is 6.42 Å². The summed E-state index contributed by atoms with van der Waals surface area (Å²) in [5.41, 5.74) is 0. The van der Waals surface area contributed by atoms with Gasteiger partial charge in [-0.3, -0.25) is 4.39 Å². The number of alkyl halides is 1. The fraction of sp³-hybridized carbons (Fsp3) is 0.667. The summed E-state index contributed by atoms with van der Waals surface area (Å²) in [4.78, 5) is 0. The molecule has 0 saturated carbocycles. The largest absolute Gasteiger partial charge is 0.392 e. The summed E-state index contributed by atoms with van der Waals surface area (Å²) in [5, 5.41) is 8.19. The summed E-state index contributed by atoms with van der Waals surface area (Å²) in [6.07, 6.45) is 4.70. The minimum absolute atomic E-state index is 0.0618. The van der Waals surface area contributed by atoms with E-state index in [4.69, 9.17) is 5.11 Å². The third kappa shape index (κ3) is 5.63. The molecule has 1 nitrogen and oxygen atoms in total. The van der Waals surface area contributed by atoms with Crippen LogP contribution in [0, 0.1) is 0 Å². The first-order valence-corrected chi connectivity index (χ1v) is 2.73. The van der Waals surface area contributed by atoms with Crippen LogP contribution >= 0.6 is 0 Å². The fourth-order valence-electron chi connectivity index (χ4n) is 0.387. The van der Waals surface area contributed by atoms with Gasteiger partial charge in [0.15, 0.2) is 0 Å². The molecule has 0 rings (SSSR count). The lowest BCUT2D eigenvalue weighted by Crippen LogP contribution is -1.74. The van der Waals surface area contributed by atoms with Crippen molar-refractivity contribution >= 4 is 0 Å². The number of halogens is 1. The molecule has 0 bridgehead atoms. The molecular formula is C6H11FO. The SMILES string of the molecule is OC/C=C/CCCF. The van der Waals surface area contributed by atoms with E-state index in [-0.39, 0.29) is 13.3 Å². The summed E-state index contributed by atoms with van der Waals surface area (Å²) in [6.45, 7) is -0.206. The molecule has 0 aromatic rings. The van der Waals surface area contributed by atoms with Gasteiger partial charge in [-0.25, -0.2) is 0 Å². The quantitative estimate of drug-likeness (QED) is 0.435. The number of aliphatic hydroxyl groups excluding tert-OH is 1. The molecule has 0 radical (unpaired) electrons. The molecule has 48 valence electrons. The molecule has 0 aliphatic rings. The van der Waals surface area contributed by atoms with E-state index in [9.17, 15) is 4.39 Å². The zero-order valence-electron chi connectivity index (χ0n) is 4.81. The number of aliphatic hydroxyl groups is 1. The van der Waals surface area contributed by atoms with Gasteiger partial charge in [0.2, 0.25) is 0 Å². The molecule has 8 heavy (non-hydrogen) atoms. The van der Waals surface area contributed by atoms with Crippen molar-refractivity contribution in [3.63, 3.8) is 0 Å². The maximum atomic E-state index is 11.3. The second-order valence-electron chi connectivity index (χ2n) is 1.49. The lowest BCUT2D eigenvalue weighted by molar-refractivity contribution is 0.342. The number of unbranched alkanes of at least 4 members (excludes halogenated alkanes) is 1. The van der Waals surface area contributed by atoms with Crippen molar-refractivity contribution in [3.05, 3.63) is 12.2 Å². The molecule has 1 N–H and O–H groups in total. The molecule has 0 unspecified atom stereocenters. The van der Waals surface area contributed by atoms with E-state index in [1.807, 2.05) is 0 Å². The van der Waals surface area contributed by atoms with Crippen molar-refractivity contribution in [1.29, 1.82) is 0 Å². The molecule has 0 aromatic carbocycles. The lowest BCUT2D eigenvalue weighted by atomic mass is 10.3. The Morgan fingerprint density at radius 2 is 2.12 bits per heavy atom. The number of rotatable bonds is 4. The third-order valence-corrected chi connectivity index (χ3v) is 0.776. The van der Waals surface area contributed by atoms with Gasteiger partial charge in [0.05, 0.1) is 13.3 Å². The summed E-state index contributed by atoms with van der Waals surface area (Å²) in [6, 6.07) is 0. The van der Waals surface area contributed by atoms with E-state index in [1.54, 1.807) is 12.2 Å². The molecule has 0 aliphatic heterocycles. The van der Waals surface area contributed by atoms with Crippen molar-refractivity contribution in [3.8, 4) is 0 Å². The molecule has 0 aromatic heterocycles. The Balaban J connectivity index is 2.80. The maximum absolute atomic E-state index is 11.3. The summed E-state index contributed by atoms with van der Waals surface area (Å²) in [7, 11) is 0. The Morgan fingerprint density at radius 3 is 2.62 bits per heavy atom. The van der Waals surface area contributed by atoms with Crippen LogP contribution in [0.4, 0.5) is 4.39 Å². The van der Waals surface area contributed by atoms with Crippen molar-refractivity contribution in [1.82, 2.24) is 0 Å². The molecule has 0 heterocycles. The fourth-order valence-corrected chi connectivity index (χ4v) is 0.387. The summed E-state index contributed by atoms with van der Waals surface area (Å²) < 4.78 is 11.3. The molecule has 0 amide bonds. The predicted octanol–water partition coefficient (Wildman–Crippen LogP) is 1.28. The lowest BCUT2D eigenvalue weighted by Gasteiger charge is -1.83. The third-order valence-electron chi connectivity index (χ3n) is 0.776. The first-order chi connectivity index (χ1) is 3.91. The van der Waals surface area contributed by atoms with Crippen LogP contribution in [0.1, 0.15) is 12.8 Å². The van der Waals surface area contributed by atoms with Gasteiger partial charge in [-0.2, -0.15) is 0 Å². The first kappa shape index (κ1) is 7.63. The summed E-state index contributed by atoms with van der Waals surface area (Å²) in [5.74, 6) is 0. The topological polar surface area (TPSA) is 20.2 Å². The average molecular weight is 118 g/mol. The number of hydrogen-bond donors (Lipinski definition) is 1. The Kier molecular flexibility index (Phi) is 6.32. The molecule has 0 atom stereocenters. The van der Waals surface area contributed by atoms with Crippen molar-refractivity contribution in [2.45, 2.75) is 12.8 Å². The van der Waals surface area contributed by atoms with Crippen LogP contribution < -0.4 is 0 Å². The van der Waals surface area contributed by atoms with Crippen LogP contribution in [0.3, 0.4) is 0 Å². The zero-order valence-corrected chi connectivity index (χ0v) is 4.81. The van der Waals surface area contributed by atoms with Crippen molar-refractivity contribution in [2.24, 2.45) is 0 Å². The van der Waals surface area contributed by atoms with Gasteiger partial charge in [-0.05, 0) is 12.8 Å². The van der Waals surface area contributed by atoms with E-state index in [0.717, 1.165) is 6.42 Å². The molecule has 0 saturated heterocycles. The minimum Gasteiger partial charge on any atom is -0.392 e. The van der Waals surface area contributed by atoms with Gasteiger partial charge in [0, 0.05) is 0 Å². The van der Waals surface area contributed by atoms with E-state index in [1.165, 1.54) is 0 Å². The second kappa shape index (κ2) is 6.63. The second-order valence-corrected chi connectivity index (χ2v) is 1.49. The Morgan fingerprint density at radius 1 is 1.38 bits per heavy atom. The van der Waals surface area contributed by atoms with Gasteiger partial charge in [0.1, 0.15) is 0 Å². The highest BCUT2D eigenvalue weighted by Crippen LogP contribution is 1.89. The van der Waals surface area contributed by atoms with Crippen LogP contribution in [-0.4, -0.2) is 18.4 Å². The number of hydrogen-bond acceptors (Lipinski definition) is 1. The standard InChI is InChI=1S/C6H11FO/c7-5-3-1-2-4-6-8/h2,4,8H,1,3,5-6H2/b4-2+. The van der Waals surface area contributed by atoms with Gasteiger partial charge < -0.3 is 5.11 Å². The van der Waals surface area contributed by atoms with Crippen LogP contribution in [0.25, 0.3) is 0 Å². The smallest absolute Gasteiger partial charge is 0.0897 e. The van der Waals surface area contributed by atoms with Crippen LogP contribution in [0.5, 0.6) is 0 Å². The Bertz CT molecular complexity index is 61.5. The average Bonchev–Trinajstić information content (AvgIpc) is 1.81. The van der Waals surface area contributed by atoms with Gasteiger partial charge in [-0.1, -0.05) is 12.2 Å². The van der Waals surface area contributed by atoms with Crippen LogP contribution in [0.15, 0.2) is 12.2 Å². The molecule has 0 spiro atoms. The highest BCUT2D eigenvalue weighted by Gasteiger charge is 1.77. The summed E-state index contributed by atoms with van der Waals surface area (Å²) >= 11 is 0.